The average Bonchev–Trinajstić information content (AvgIpc) is 1.64. The van der Waals surface area contributed by atoms with Gasteiger partial charge >= 0.3 is 0 Å². The van der Waals surface area contributed by atoms with E-state index in [2.05, 4.69) is 274 Å². The number of para-hydroxylation sites is 8. The molecular formula is C121H174N4. The zero-order valence-corrected chi connectivity index (χ0v) is 86.1. The quantitative estimate of drug-likeness (QED) is 0.150. The Morgan fingerprint density at radius 2 is 0.432 bits per heavy atom. The second-order valence-corrected chi connectivity index (χ2v) is 23.3. The summed E-state index contributed by atoms with van der Waals surface area (Å²) in [5.41, 5.74) is 38.1. The highest BCUT2D eigenvalue weighted by Gasteiger charge is 2.38. The molecule has 13 aromatic rings. The van der Waals surface area contributed by atoms with Crippen molar-refractivity contribution in [2.75, 3.05) is 14.7 Å². The molecule has 9 heterocycles. The van der Waals surface area contributed by atoms with Crippen LogP contribution < -0.4 is 14.7 Å². The van der Waals surface area contributed by atoms with E-state index in [4.69, 9.17) is 0 Å². The van der Waals surface area contributed by atoms with E-state index in [9.17, 15) is 0 Å². The number of nitrogens with zero attached hydrogens (tertiary/aromatic N) is 4. The van der Waals surface area contributed by atoms with Crippen LogP contribution in [0.4, 0.5) is 51.2 Å². The Morgan fingerprint density at radius 3 is 0.856 bits per heavy atom. The van der Waals surface area contributed by atoms with Gasteiger partial charge in [-0.3, -0.25) is 0 Å². The first-order valence-corrected chi connectivity index (χ1v) is 49.3. The van der Waals surface area contributed by atoms with Crippen LogP contribution in [0.2, 0.25) is 0 Å². The molecule has 0 amide bonds. The van der Waals surface area contributed by atoms with Gasteiger partial charge in [0.1, 0.15) is 0 Å². The lowest BCUT2D eigenvalue weighted by Crippen LogP contribution is -2.29. The maximum absolute atomic E-state index is 3.37. The van der Waals surface area contributed by atoms with Crippen LogP contribution in [0.5, 0.6) is 0 Å². The third-order valence-corrected chi connectivity index (χ3v) is 18.6. The fraction of sp³-hybridized carbons (Fsp3) is 0.405. The number of benzene rings is 8. The zero-order valence-electron chi connectivity index (χ0n) is 86.1. The molecule has 21 rings (SSSR count). The third kappa shape index (κ3) is 28.1. The van der Waals surface area contributed by atoms with E-state index in [1.807, 2.05) is 277 Å². The molecule has 0 N–H and O–H groups in total. The van der Waals surface area contributed by atoms with Crippen LogP contribution in [0.25, 0.3) is 27.5 Å². The largest absolute Gasteiger partial charge is 0.309 e. The lowest BCUT2D eigenvalue weighted by atomic mass is 9.81. The molecule has 0 aliphatic carbocycles. The van der Waals surface area contributed by atoms with Gasteiger partial charge in [-0.1, -0.05) is 478 Å². The highest BCUT2D eigenvalue weighted by atomic mass is 15.2. The SMILES string of the molecule is C.CC.CC.CC.CC.CC.CC.CC.CC.CC.CC.CC.CC.CC.CC.CC.CC.CC.CC.CC.CC.c1cc2c(cc#1)-n1c3ccccc3c3cccc(c31)C2.c1cc2c(cc#1)N1c3ccccc3Cc3cccc(c31)C2.c1cc2c3c(c#1)Cc1cccc4c1N3c1c(cccc1C4)C2.c1cc2c3c(c#1)Cc1ccccc1N3c1ccccc1C2. The predicted octanol–water partition coefficient (Wildman–Crippen LogP) is 39.0. The third-order valence-electron chi connectivity index (χ3n) is 18.6. The van der Waals surface area contributed by atoms with Crippen molar-refractivity contribution < 1.29 is 0 Å². The van der Waals surface area contributed by atoms with Crippen LogP contribution in [0.15, 0.2) is 206 Å². The summed E-state index contributed by atoms with van der Waals surface area (Å²) in [6.45, 7) is 80.0. The van der Waals surface area contributed by atoms with Crippen molar-refractivity contribution in [2.45, 2.75) is 336 Å². The highest BCUT2D eigenvalue weighted by molar-refractivity contribution is 6.11. The van der Waals surface area contributed by atoms with Crippen LogP contribution in [0.3, 0.4) is 0 Å². The van der Waals surface area contributed by atoms with Gasteiger partial charge in [-0.25, -0.2) is 0 Å². The van der Waals surface area contributed by atoms with Gasteiger partial charge in [-0.2, -0.15) is 0 Å². The highest BCUT2D eigenvalue weighted by Crippen LogP contribution is 2.56. The Hall–Kier alpha value is -10.9. The van der Waals surface area contributed by atoms with E-state index in [1.54, 1.807) is 0 Å². The summed E-state index contributed by atoms with van der Waals surface area (Å²) in [5.74, 6) is 0. The summed E-state index contributed by atoms with van der Waals surface area (Å²) in [4.78, 5) is 7.33. The minimum atomic E-state index is 0. The van der Waals surface area contributed by atoms with Gasteiger partial charge in [0.05, 0.1) is 50.8 Å². The number of anilines is 9. The molecule has 0 radical (unpaired) electrons. The molecule has 8 aliphatic rings. The molecule has 8 aliphatic heterocycles. The number of rotatable bonds is 0. The summed E-state index contributed by atoms with van der Waals surface area (Å²) in [6.07, 6.45) is 7.99. The lowest BCUT2D eigenvalue weighted by Gasteiger charge is -2.43. The van der Waals surface area contributed by atoms with Gasteiger partial charge in [0.15, 0.2) is 0 Å². The van der Waals surface area contributed by atoms with Gasteiger partial charge in [0.25, 0.3) is 0 Å². The number of aromatic nitrogens is 1. The first-order valence-electron chi connectivity index (χ1n) is 49.3. The second kappa shape index (κ2) is 71.4. The molecule has 0 atom stereocenters. The van der Waals surface area contributed by atoms with Crippen molar-refractivity contribution in [3.8, 4) is 5.69 Å². The van der Waals surface area contributed by atoms with Crippen molar-refractivity contribution in [1.82, 2.24) is 4.57 Å². The molecule has 0 spiro atoms. The molecule has 4 heteroatoms. The first kappa shape index (κ1) is 120. The van der Waals surface area contributed by atoms with E-state index >= 15 is 0 Å². The predicted molar refractivity (Wildman–Crippen MR) is 571 cm³/mol. The van der Waals surface area contributed by atoms with Gasteiger partial charge in [-0.05, 0) is 126 Å². The Bertz CT molecular complexity index is 4430. The van der Waals surface area contributed by atoms with Gasteiger partial charge in [0.2, 0.25) is 0 Å². The normalized spacial score (nSPS) is 10.3. The zero-order chi connectivity index (χ0) is 95.0. The lowest BCUT2D eigenvalue weighted by molar-refractivity contribution is 0.958. The Kier molecular flexibility index (Phi) is 68.8. The van der Waals surface area contributed by atoms with Crippen LogP contribution in [-0.2, 0) is 51.4 Å². The van der Waals surface area contributed by atoms with Crippen molar-refractivity contribution in [3.05, 3.63) is 344 Å². The summed E-state index contributed by atoms with van der Waals surface area (Å²) in [6, 6.07) is 99.6. The molecule has 0 bridgehead atoms. The topological polar surface area (TPSA) is 14.7 Å². The molecule has 0 unspecified atom stereocenters. The molecule has 678 valence electrons. The van der Waals surface area contributed by atoms with E-state index in [1.165, 1.54) is 168 Å². The Balaban J connectivity index is -0.000000686. The number of hydrogen-bond donors (Lipinski definition) is 0. The van der Waals surface area contributed by atoms with E-state index in [0.717, 1.165) is 51.4 Å². The first-order chi connectivity index (χ1) is 61.7. The van der Waals surface area contributed by atoms with Crippen LogP contribution in [0, 0.1) is 48.5 Å². The van der Waals surface area contributed by atoms with Crippen molar-refractivity contribution in [3.63, 3.8) is 0 Å². The molecule has 12 aromatic carbocycles. The Morgan fingerprint density at radius 1 is 0.184 bits per heavy atom. The van der Waals surface area contributed by atoms with Gasteiger partial charge in [-0.15, -0.1) is 0 Å². The molecule has 0 saturated carbocycles. The van der Waals surface area contributed by atoms with Crippen molar-refractivity contribution >= 4 is 73.0 Å². The minimum Gasteiger partial charge on any atom is -0.309 e. The fourth-order valence-electron chi connectivity index (χ4n) is 15.1. The molecule has 1 aromatic heterocycles. The monoisotopic (exact) mass is 1680 g/mol. The van der Waals surface area contributed by atoms with Crippen LogP contribution in [-0.4, -0.2) is 4.57 Å². The smallest absolute Gasteiger partial charge is 0.0622 e. The average molecular weight is 1680 g/mol. The maximum Gasteiger partial charge on any atom is 0.0622 e. The minimum absolute atomic E-state index is 0. The molecule has 4 nitrogen and oxygen atoms in total. The number of fused-ring (bicyclic) bond motifs is 13. The summed E-state index contributed by atoms with van der Waals surface area (Å²) < 4.78 is 2.38. The molecular weight excluding hydrogens is 1510 g/mol. The van der Waals surface area contributed by atoms with Crippen molar-refractivity contribution in [1.29, 1.82) is 0 Å². The number of hydrogen-bond acceptors (Lipinski definition) is 3. The van der Waals surface area contributed by atoms with Crippen molar-refractivity contribution in [2.24, 2.45) is 0 Å². The van der Waals surface area contributed by atoms with Crippen LogP contribution >= 0.6 is 0 Å². The van der Waals surface area contributed by atoms with E-state index < -0.39 is 0 Å². The molecule has 125 heavy (non-hydrogen) atoms. The van der Waals surface area contributed by atoms with Gasteiger partial charge in [0, 0.05) is 102 Å². The fourth-order valence-corrected chi connectivity index (χ4v) is 15.1. The Labute approximate surface area is 772 Å². The van der Waals surface area contributed by atoms with Crippen LogP contribution in [0.1, 0.15) is 373 Å². The second-order valence-electron chi connectivity index (χ2n) is 23.3. The van der Waals surface area contributed by atoms with E-state index in [0.29, 0.717) is 0 Å². The standard InChI is InChI=1S/C21H13N.2C20H13N.C19H11N.20C2H6.CH4/c1-4-13-10-15-6-2-8-17-12-18-9-3-7-16-11-14(5-1)19(13)22(20(15)17)21(16)18;2*1-3-10-18-14(6-1)12-16-8-5-9-17-13-15-7-2-4-11-19(15)21(18)20(16)17;1-3-10-17-13(6-1)12-14-7-5-9-16-15-8-2-4-11-18(15)20(17)19(14)16;20*1-2;/h1-2,4-8H,10-12H2;1,3,5-11H,12-13H2;1-4,6-8,10-11H,12-13H2;2,4-11H,12H2;20*1-2H3;1H4. The maximum atomic E-state index is 3.37. The molecule has 0 saturated heterocycles. The molecule has 0 fully saturated rings. The summed E-state index contributed by atoms with van der Waals surface area (Å²) in [7, 11) is 0. The summed E-state index contributed by atoms with van der Waals surface area (Å²) >= 11 is 0. The van der Waals surface area contributed by atoms with Gasteiger partial charge < -0.3 is 19.3 Å². The summed E-state index contributed by atoms with van der Waals surface area (Å²) in [5, 5.41) is 2.67. The van der Waals surface area contributed by atoms with E-state index in [-0.39, 0.29) is 7.43 Å².